The number of fused-ring (bicyclic) bond motifs is 1. The second-order valence-electron chi connectivity index (χ2n) is 4.11. The highest BCUT2D eigenvalue weighted by Gasteiger charge is 2.26. The van der Waals surface area contributed by atoms with E-state index < -0.39 is 0 Å². The van der Waals surface area contributed by atoms with Crippen LogP contribution in [0.1, 0.15) is 18.0 Å². The third-order valence-electron chi connectivity index (χ3n) is 3.13. The highest BCUT2D eigenvalue weighted by atomic mass is 16.1. The van der Waals surface area contributed by atoms with Crippen molar-refractivity contribution in [1.29, 1.82) is 0 Å². The van der Waals surface area contributed by atoms with Crippen LogP contribution in [0.2, 0.25) is 0 Å². The van der Waals surface area contributed by atoms with Crippen molar-refractivity contribution in [3.63, 3.8) is 0 Å². The molecule has 3 rings (SSSR count). The molecule has 4 nitrogen and oxygen atoms in total. The summed E-state index contributed by atoms with van der Waals surface area (Å²) in [5.74, 6) is 0.202. The molecule has 0 unspecified atom stereocenters. The maximum absolute atomic E-state index is 11.9. The van der Waals surface area contributed by atoms with Crippen LogP contribution in [0.25, 0.3) is 10.9 Å². The monoisotopic (exact) mass is 215 g/mol. The van der Waals surface area contributed by atoms with E-state index >= 15 is 0 Å². The van der Waals surface area contributed by atoms with Crippen LogP contribution in [-0.4, -0.2) is 28.8 Å². The van der Waals surface area contributed by atoms with Gasteiger partial charge in [-0.05, 0) is 12.1 Å². The summed E-state index contributed by atoms with van der Waals surface area (Å²) in [4.78, 5) is 19.4. The Balaban J connectivity index is 2.10. The van der Waals surface area contributed by atoms with Gasteiger partial charge in [-0.15, -0.1) is 0 Å². The molecule has 2 aromatic rings. The zero-order chi connectivity index (χ0) is 11.0. The van der Waals surface area contributed by atoms with E-state index in [1.807, 2.05) is 18.3 Å². The molecule has 16 heavy (non-hydrogen) atoms. The average molecular weight is 215 g/mol. The van der Waals surface area contributed by atoms with E-state index in [0.717, 1.165) is 23.1 Å². The number of aromatic amines is 1. The van der Waals surface area contributed by atoms with Gasteiger partial charge in [-0.25, -0.2) is 0 Å². The van der Waals surface area contributed by atoms with Gasteiger partial charge < -0.3 is 10.3 Å². The van der Waals surface area contributed by atoms with E-state index in [2.05, 4.69) is 15.3 Å². The van der Waals surface area contributed by atoms with E-state index in [-0.39, 0.29) is 5.92 Å². The molecule has 82 valence electrons. The molecule has 2 aromatic heterocycles. The van der Waals surface area contributed by atoms with E-state index in [0.29, 0.717) is 18.7 Å². The molecular weight excluding hydrogens is 202 g/mol. The van der Waals surface area contributed by atoms with Crippen LogP contribution in [0.15, 0.2) is 24.5 Å². The number of ketones is 1. The van der Waals surface area contributed by atoms with E-state index in [9.17, 15) is 4.79 Å². The number of hydrogen-bond donors (Lipinski definition) is 2. The molecule has 3 heterocycles. The minimum Gasteiger partial charge on any atom is -0.361 e. The number of Topliss-reactive ketones (excluding diaryl/α,β-unsaturated/α-hetero) is 1. The minimum atomic E-state index is -0.0896. The maximum atomic E-state index is 11.9. The second kappa shape index (κ2) is 3.72. The molecule has 1 atom stereocenters. The maximum Gasteiger partial charge on any atom is 0.144 e. The minimum absolute atomic E-state index is 0.0896. The summed E-state index contributed by atoms with van der Waals surface area (Å²) < 4.78 is 0. The fourth-order valence-corrected chi connectivity index (χ4v) is 2.28. The number of hydrogen-bond acceptors (Lipinski definition) is 3. The number of carbonyl (C=O) groups is 1. The lowest BCUT2D eigenvalue weighted by atomic mass is 9.92. The van der Waals surface area contributed by atoms with Gasteiger partial charge in [0.25, 0.3) is 0 Å². The molecular formula is C12H13N3O. The number of pyridine rings is 1. The Kier molecular flexibility index (Phi) is 2.22. The topological polar surface area (TPSA) is 57.8 Å². The van der Waals surface area contributed by atoms with Gasteiger partial charge in [0.1, 0.15) is 5.78 Å². The SMILES string of the molecule is O=C1CCNC[C@H]1c1nccc2[nH]ccc12. The van der Waals surface area contributed by atoms with Gasteiger partial charge in [0.05, 0.1) is 11.6 Å². The van der Waals surface area contributed by atoms with E-state index in [1.54, 1.807) is 6.20 Å². The average Bonchev–Trinajstić information content (AvgIpc) is 2.77. The largest absolute Gasteiger partial charge is 0.361 e. The van der Waals surface area contributed by atoms with Crippen molar-refractivity contribution in [2.24, 2.45) is 0 Å². The van der Waals surface area contributed by atoms with Crippen LogP contribution in [0.4, 0.5) is 0 Å². The summed E-state index contributed by atoms with van der Waals surface area (Å²) in [7, 11) is 0. The van der Waals surface area contributed by atoms with Crippen molar-refractivity contribution in [2.75, 3.05) is 13.1 Å². The first-order valence-electron chi connectivity index (χ1n) is 5.51. The van der Waals surface area contributed by atoms with Crippen molar-refractivity contribution in [3.05, 3.63) is 30.2 Å². The van der Waals surface area contributed by atoms with Crippen LogP contribution in [-0.2, 0) is 4.79 Å². The molecule has 0 radical (unpaired) electrons. The van der Waals surface area contributed by atoms with Crippen molar-refractivity contribution < 1.29 is 4.79 Å². The number of aromatic nitrogens is 2. The number of carbonyl (C=O) groups excluding carboxylic acids is 1. The molecule has 2 N–H and O–H groups in total. The molecule has 4 heteroatoms. The van der Waals surface area contributed by atoms with Gasteiger partial charge in [0.15, 0.2) is 0 Å². The van der Waals surface area contributed by atoms with E-state index in [1.165, 1.54) is 0 Å². The second-order valence-corrected chi connectivity index (χ2v) is 4.11. The van der Waals surface area contributed by atoms with Crippen LogP contribution < -0.4 is 5.32 Å². The lowest BCUT2D eigenvalue weighted by Crippen LogP contribution is -2.35. The van der Waals surface area contributed by atoms with Crippen molar-refractivity contribution >= 4 is 16.7 Å². The lowest BCUT2D eigenvalue weighted by molar-refractivity contribution is -0.121. The van der Waals surface area contributed by atoms with Gasteiger partial charge in [0.2, 0.25) is 0 Å². The highest BCUT2D eigenvalue weighted by molar-refractivity contribution is 5.92. The molecule has 0 aromatic carbocycles. The summed E-state index contributed by atoms with van der Waals surface area (Å²) >= 11 is 0. The first kappa shape index (κ1) is 9.54. The van der Waals surface area contributed by atoms with E-state index in [4.69, 9.17) is 0 Å². The van der Waals surface area contributed by atoms with Gasteiger partial charge in [-0.2, -0.15) is 0 Å². The lowest BCUT2D eigenvalue weighted by Gasteiger charge is -2.21. The smallest absolute Gasteiger partial charge is 0.144 e. The molecule has 0 aliphatic carbocycles. The van der Waals surface area contributed by atoms with Crippen molar-refractivity contribution in [1.82, 2.24) is 15.3 Å². The van der Waals surface area contributed by atoms with Crippen LogP contribution in [0.5, 0.6) is 0 Å². The fourth-order valence-electron chi connectivity index (χ4n) is 2.28. The molecule has 1 aliphatic rings. The number of rotatable bonds is 1. The summed E-state index contributed by atoms with van der Waals surface area (Å²) in [6.07, 6.45) is 4.25. The zero-order valence-corrected chi connectivity index (χ0v) is 8.86. The summed E-state index contributed by atoms with van der Waals surface area (Å²) in [6, 6.07) is 3.92. The third kappa shape index (κ3) is 1.42. The van der Waals surface area contributed by atoms with Crippen LogP contribution >= 0.6 is 0 Å². The zero-order valence-electron chi connectivity index (χ0n) is 8.86. The predicted octanol–water partition coefficient (Wildman–Crippen LogP) is 1.21. The molecule has 1 fully saturated rings. The van der Waals surface area contributed by atoms with Gasteiger partial charge in [0, 0.05) is 42.8 Å². The van der Waals surface area contributed by atoms with Gasteiger partial charge >= 0.3 is 0 Å². The molecule has 1 aliphatic heterocycles. The Morgan fingerprint density at radius 1 is 1.38 bits per heavy atom. The van der Waals surface area contributed by atoms with Gasteiger partial charge in [-0.1, -0.05) is 0 Å². The predicted molar refractivity (Wildman–Crippen MR) is 61.3 cm³/mol. The Bertz CT molecular complexity index is 532. The van der Waals surface area contributed by atoms with Crippen LogP contribution in [0, 0.1) is 0 Å². The number of piperidine rings is 1. The first-order valence-corrected chi connectivity index (χ1v) is 5.51. The Labute approximate surface area is 93.1 Å². The van der Waals surface area contributed by atoms with Crippen molar-refractivity contribution in [2.45, 2.75) is 12.3 Å². The number of nitrogens with one attached hydrogen (secondary N) is 2. The Morgan fingerprint density at radius 3 is 3.19 bits per heavy atom. The number of nitrogens with zero attached hydrogens (tertiary/aromatic N) is 1. The standard InChI is InChI=1S/C12H13N3O/c16-11-3-4-13-7-9(11)12-8-1-5-14-10(8)2-6-15-12/h1-2,5-6,9,13-14H,3-4,7H2/t9-/m1/s1. The quantitative estimate of drug-likeness (QED) is 0.751. The fraction of sp³-hybridized carbons (Fsp3) is 0.333. The number of H-pyrrole nitrogens is 1. The van der Waals surface area contributed by atoms with Gasteiger partial charge in [-0.3, -0.25) is 9.78 Å². The van der Waals surface area contributed by atoms with Crippen molar-refractivity contribution in [3.8, 4) is 0 Å². The van der Waals surface area contributed by atoms with Crippen LogP contribution in [0.3, 0.4) is 0 Å². The summed E-state index contributed by atoms with van der Waals surface area (Å²) in [5, 5.41) is 4.31. The first-order chi connectivity index (χ1) is 7.86. The summed E-state index contributed by atoms with van der Waals surface area (Å²) in [6.45, 7) is 1.49. The molecule has 0 bridgehead atoms. The molecule has 0 amide bonds. The molecule has 0 saturated carbocycles. The highest BCUT2D eigenvalue weighted by Crippen LogP contribution is 2.25. The normalized spacial score (nSPS) is 21.5. The molecule has 0 spiro atoms. The molecule has 1 saturated heterocycles. The third-order valence-corrected chi connectivity index (χ3v) is 3.13. The summed E-state index contributed by atoms with van der Waals surface area (Å²) in [5.41, 5.74) is 1.94. The Morgan fingerprint density at radius 2 is 2.31 bits per heavy atom. The Hall–Kier alpha value is -1.68.